The molecule has 2 N–H and O–H groups in total. The third-order valence-corrected chi connectivity index (χ3v) is 2.41. The van der Waals surface area contributed by atoms with E-state index in [9.17, 15) is 4.79 Å². The highest BCUT2D eigenvalue weighted by Gasteiger charge is 2.30. The van der Waals surface area contributed by atoms with Gasteiger partial charge in [0.25, 0.3) is 0 Å². The first-order valence-electron chi connectivity index (χ1n) is 4.48. The summed E-state index contributed by atoms with van der Waals surface area (Å²) in [6.07, 6.45) is 4.84. The molecule has 2 rings (SSSR count). The third kappa shape index (κ3) is 1.75. The Kier molecular flexibility index (Phi) is 2.10. The molecule has 0 amide bonds. The minimum atomic E-state index is 0.0138. The molecule has 0 bridgehead atoms. The van der Waals surface area contributed by atoms with E-state index >= 15 is 0 Å². The summed E-state index contributed by atoms with van der Waals surface area (Å²) < 4.78 is 0. The van der Waals surface area contributed by atoms with Crippen LogP contribution in [0.1, 0.15) is 34.9 Å². The normalized spacial score (nSPS) is 18.2. The van der Waals surface area contributed by atoms with Gasteiger partial charge in [0, 0.05) is 17.8 Å². The maximum atomic E-state index is 10.5. The van der Waals surface area contributed by atoms with E-state index in [2.05, 4.69) is 4.98 Å². The van der Waals surface area contributed by atoms with Gasteiger partial charge in [-0.25, -0.2) is 0 Å². The van der Waals surface area contributed by atoms with E-state index in [1.54, 1.807) is 18.3 Å². The SMILES string of the molecule is N[C@H](c1cc(C=O)ccn1)C1CC1. The van der Waals surface area contributed by atoms with E-state index in [0.29, 0.717) is 11.5 Å². The van der Waals surface area contributed by atoms with Crippen LogP contribution in [0.2, 0.25) is 0 Å². The van der Waals surface area contributed by atoms with Crippen LogP contribution >= 0.6 is 0 Å². The second-order valence-corrected chi connectivity index (χ2v) is 3.50. The van der Waals surface area contributed by atoms with Gasteiger partial charge in [-0.1, -0.05) is 0 Å². The van der Waals surface area contributed by atoms with Crippen molar-refractivity contribution < 1.29 is 4.79 Å². The van der Waals surface area contributed by atoms with Crippen molar-refractivity contribution in [2.75, 3.05) is 0 Å². The fourth-order valence-electron chi connectivity index (χ4n) is 1.42. The van der Waals surface area contributed by atoms with Crippen LogP contribution in [0.4, 0.5) is 0 Å². The maximum Gasteiger partial charge on any atom is 0.150 e. The molecule has 1 atom stereocenters. The molecule has 0 saturated heterocycles. The molecule has 1 fully saturated rings. The van der Waals surface area contributed by atoms with Gasteiger partial charge in [-0.15, -0.1) is 0 Å². The fraction of sp³-hybridized carbons (Fsp3) is 0.400. The molecule has 0 aliphatic heterocycles. The quantitative estimate of drug-likeness (QED) is 0.706. The number of nitrogens with zero attached hydrogens (tertiary/aromatic N) is 1. The monoisotopic (exact) mass is 176 g/mol. The Morgan fingerprint density at radius 2 is 2.38 bits per heavy atom. The van der Waals surface area contributed by atoms with Gasteiger partial charge in [0.15, 0.2) is 0 Å². The lowest BCUT2D eigenvalue weighted by Crippen LogP contribution is -2.14. The zero-order valence-corrected chi connectivity index (χ0v) is 7.31. The zero-order chi connectivity index (χ0) is 9.26. The van der Waals surface area contributed by atoms with Gasteiger partial charge < -0.3 is 5.73 Å². The van der Waals surface area contributed by atoms with Crippen molar-refractivity contribution in [3.05, 3.63) is 29.6 Å². The molecule has 68 valence electrons. The van der Waals surface area contributed by atoms with E-state index in [-0.39, 0.29) is 6.04 Å². The summed E-state index contributed by atoms with van der Waals surface area (Å²) in [4.78, 5) is 14.7. The van der Waals surface area contributed by atoms with Crippen molar-refractivity contribution in [2.45, 2.75) is 18.9 Å². The Balaban J connectivity index is 2.22. The second kappa shape index (κ2) is 3.26. The first-order chi connectivity index (χ1) is 6.31. The number of aldehydes is 1. The van der Waals surface area contributed by atoms with Crippen LogP contribution in [-0.4, -0.2) is 11.3 Å². The molecule has 13 heavy (non-hydrogen) atoms. The van der Waals surface area contributed by atoms with Crippen molar-refractivity contribution in [1.29, 1.82) is 0 Å². The van der Waals surface area contributed by atoms with E-state index in [0.717, 1.165) is 12.0 Å². The average molecular weight is 176 g/mol. The van der Waals surface area contributed by atoms with E-state index in [4.69, 9.17) is 5.73 Å². The van der Waals surface area contributed by atoms with Crippen LogP contribution in [0.5, 0.6) is 0 Å². The van der Waals surface area contributed by atoms with Gasteiger partial charge in [-0.2, -0.15) is 0 Å². The molecule has 1 aliphatic rings. The van der Waals surface area contributed by atoms with Crippen molar-refractivity contribution in [3.63, 3.8) is 0 Å². The number of pyridine rings is 1. The molecule has 1 saturated carbocycles. The predicted molar refractivity (Wildman–Crippen MR) is 49.3 cm³/mol. The lowest BCUT2D eigenvalue weighted by atomic mass is 10.1. The predicted octanol–water partition coefficient (Wildman–Crippen LogP) is 1.30. The van der Waals surface area contributed by atoms with Crippen LogP contribution < -0.4 is 5.73 Å². The van der Waals surface area contributed by atoms with Gasteiger partial charge in [-0.3, -0.25) is 9.78 Å². The molecule has 1 aromatic heterocycles. The molecular weight excluding hydrogens is 164 g/mol. The Morgan fingerprint density at radius 3 is 3.00 bits per heavy atom. The number of carbonyl (C=O) groups excluding carboxylic acids is 1. The van der Waals surface area contributed by atoms with Crippen molar-refractivity contribution in [2.24, 2.45) is 11.7 Å². The first-order valence-corrected chi connectivity index (χ1v) is 4.48. The lowest BCUT2D eigenvalue weighted by molar-refractivity contribution is 0.112. The summed E-state index contributed by atoms with van der Waals surface area (Å²) in [5, 5.41) is 0. The number of aromatic nitrogens is 1. The van der Waals surface area contributed by atoms with Gasteiger partial charge in [0.2, 0.25) is 0 Å². The smallest absolute Gasteiger partial charge is 0.150 e. The summed E-state index contributed by atoms with van der Waals surface area (Å²) in [6.45, 7) is 0. The molecule has 1 aromatic rings. The number of rotatable bonds is 3. The summed E-state index contributed by atoms with van der Waals surface area (Å²) in [5.41, 5.74) is 7.44. The third-order valence-electron chi connectivity index (χ3n) is 2.41. The molecule has 1 aliphatic carbocycles. The molecule has 1 heterocycles. The molecular formula is C10H12N2O. The van der Waals surface area contributed by atoms with Crippen LogP contribution in [0.25, 0.3) is 0 Å². The van der Waals surface area contributed by atoms with E-state index < -0.39 is 0 Å². The van der Waals surface area contributed by atoms with E-state index in [1.807, 2.05) is 0 Å². The minimum Gasteiger partial charge on any atom is -0.322 e. The van der Waals surface area contributed by atoms with Gasteiger partial charge in [0.1, 0.15) is 6.29 Å². The van der Waals surface area contributed by atoms with Crippen LogP contribution in [0, 0.1) is 5.92 Å². The number of nitrogens with two attached hydrogens (primary N) is 1. The molecule has 0 aromatic carbocycles. The summed E-state index contributed by atoms with van der Waals surface area (Å²) in [6, 6.07) is 3.48. The number of hydrogen-bond donors (Lipinski definition) is 1. The Hall–Kier alpha value is -1.22. The molecule has 0 spiro atoms. The second-order valence-electron chi connectivity index (χ2n) is 3.50. The fourth-order valence-corrected chi connectivity index (χ4v) is 1.42. The Labute approximate surface area is 77.0 Å². The average Bonchev–Trinajstić information content (AvgIpc) is 3.00. The van der Waals surface area contributed by atoms with Gasteiger partial charge >= 0.3 is 0 Å². The molecule has 0 unspecified atom stereocenters. The highest BCUT2D eigenvalue weighted by Crippen LogP contribution is 2.38. The highest BCUT2D eigenvalue weighted by molar-refractivity contribution is 5.74. The van der Waals surface area contributed by atoms with Crippen molar-refractivity contribution in [1.82, 2.24) is 4.98 Å². The molecule has 0 radical (unpaired) electrons. The van der Waals surface area contributed by atoms with Crippen molar-refractivity contribution >= 4 is 6.29 Å². The van der Waals surface area contributed by atoms with Gasteiger partial charge in [-0.05, 0) is 30.9 Å². The number of carbonyl (C=O) groups is 1. The minimum absolute atomic E-state index is 0.0138. The standard InChI is InChI=1S/C10H12N2O/c11-10(8-1-2-8)9-5-7(6-13)3-4-12-9/h3-6,8,10H,1-2,11H2/t10-/m0/s1. The van der Waals surface area contributed by atoms with Gasteiger partial charge in [0.05, 0.1) is 5.69 Å². The Bertz CT molecular complexity index is 320. The maximum absolute atomic E-state index is 10.5. The molecule has 3 nitrogen and oxygen atoms in total. The van der Waals surface area contributed by atoms with Crippen LogP contribution in [0.3, 0.4) is 0 Å². The van der Waals surface area contributed by atoms with E-state index in [1.165, 1.54) is 12.8 Å². The summed E-state index contributed by atoms with van der Waals surface area (Å²) >= 11 is 0. The van der Waals surface area contributed by atoms with Crippen molar-refractivity contribution in [3.8, 4) is 0 Å². The molecule has 3 heteroatoms. The summed E-state index contributed by atoms with van der Waals surface area (Å²) in [7, 11) is 0. The highest BCUT2D eigenvalue weighted by atomic mass is 16.1. The van der Waals surface area contributed by atoms with Crippen LogP contribution in [-0.2, 0) is 0 Å². The summed E-state index contributed by atoms with van der Waals surface area (Å²) in [5.74, 6) is 0.578. The van der Waals surface area contributed by atoms with Crippen LogP contribution in [0.15, 0.2) is 18.3 Å². The topological polar surface area (TPSA) is 56.0 Å². The largest absolute Gasteiger partial charge is 0.322 e. The Morgan fingerprint density at radius 1 is 1.62 bits per heavy atom. The zero-order valence-electron chi connectivity index (χ0n) is 7.31. The first kappa shape index (κ1) is 8.38. The number of hydrogen-bond acceptors (Lipinski definition) is 3. The lowest BCUT2D eigenvalue weighted by Gasteiger charge is -2.08.